The maximum Gasteiger partial charge on any atom is 0.354 e. The summed E-state index contributed by atoms with van der Waals surface area (Å²) in [5, 5.41) is 4.09. The van der Waals surface area contributed by atoms with E-state index in [4.69, 9.17) is 22.1 Å². The minimum atomic E-state index is -0.398. The molecule has 0 aliphatic carbocycles. The third-order valence-corrected chi connectivity index (χ3v) is 3.77. The second kappa shape index (κ2) is 6.90. The third kappa shape index (κ3) is 2.93. The van der Waals surface area contributed by atoms with E-state index in [9.17, 15) is 4.79 Å². The third-order valence-electron chi connectivity index (χ3n) is 3.55. The molecule has 0 amide bonds. The molecule has 0 fully saturated rings. The number of nitrogens with two attached hydrogens (primary N) is 1. The monoisotopic (exact) mass is 344 g/mol. The van der Waals surface area contributed by atoms with E-state index in [2.05, 4.69) is 10.3 Å². The highest BCUT2D eigenvalue weighted by atomic mass is 35.5. The van der Waals surface area contributed by atoms with Crippen LogP contribution in [0.15, 0.2) is 47.3 Å². The number of halogens is 1. The molecule has 0 radical (unpaired) electrons. The maximum atomic E-state index is 12.6. The van der Waals surface area contributed by atoms with Crippen molar-refractivity contribution in [3.05, 3.63) is 58.0 Å². The van der Waals surface area contributed by atoms with Crippen molar-refractivity contribution in [1.82, 2.24) is 9.55 Å². The smallest absolute Gasteiger partial charge is 0.354 e. The molecular weight excluding hydrogens is 328 g/mol. The Bertz CT molecular complexity index is 925. The van der Waals surface area contributed by atoms with Crippen LogP contribution in [0.5, 0.6) is 5.75 Å². The van der Waals surface area contributed by atoms with E-state index in [-0.39, 0.29) is 0 Å². The Morgan fingerprint density at radius 3 is 2.71 bits per heavy atom. The van der Waals surface area contributed by atoms with Crippen molar-refractivity contribution in [3.8, 4) is 11.4 Å². The fourth-order valence-electron chi connectivity index (χ4n) is 2.58. The molecular formula is C17H17ClN4O2. The van der Waals surface area contributed by atoms with Crippen LogP contribution >= 0.6 is 11.6 Å². The summed E-state index contributed by atoms with van der Waals surface area (Å²) in [4.78, 5) is 16.7. The lowest BCUT2D eigenvalue weighted by atomic mass is 10.2. The number of para-hydroxylation sites is 1. The number of hydrogen-bond donors (Lipinski definition) is 2. The normalized spacial score (nSPS) is 10.8. The quantitative estimate of drug-likeness (QED) is 0.742. The molecule has 6 nitrogen and oxygen atoms in total. The topological polar surface area (TPSA) is 82.2 Å². The van der Waals surface area contributed by atoms with Gasteiger partial charge in [-0.1, -0.05) is 29.8 Å². The summed E-state index contributed by atoms with van der Waals surface area (Å²) in [5.74, 6) is 0.968. The van der Waals surface area contributed by atoms with Gasteiger partial charge in [-0.05, 0) is 24.3 Å². The molecule has 24 heavy (non-hydrogen) atoms. The molecule has 0 atom stereocenters. The molecule has 0 bridgehead atoms. The second-order valence-electron chi connectivity index (χ2n) is 5.10. The summed E-state index contributed by atoms with van der Waals surface area (Å²) in [5.41, 5.74) is 6.45. The van der Waals surface area contributed by atoms with Gasteiger partial charge in [-0.25, -0.2) is 4.79 Å². The van der Waals surface area contributed by atoms with Gasteiger partial charge in [0, 0.05) is 18.6 Å². The molecule has 0 saturated carbocycles. The highest BCUT2D eigenvalue weighted by molar-refractivity contribution is 6.31. The minimum Gasteiger partial charge on any atom is -0.491 e. The second-order valence-corrected chi connectivity index (χ2v) is 5.54. The van der Waals surface area contributed by atoms with E-state index < -0.39 is 5.69 Å². The van der Waals surface area contributed by atoms with Crippen molar-refractivity contribution in [2.45, 2.75) is 0 Å². The average Bonchev–Trinajstić information content (AvgIpc) is 2.59. The molecule has 0 saturated heterocycles. The summed E-state index contributed by atoms with van der Waals surface area (Å²) in [6.45, 7) is 0.706. The van der Waals surface area contributed by atoms with Gasteiger partial charge in [-0.3, -0.25) is 4.57 Å². The van der Waals surface area contributed by atoms with Crippen LogP contribution in [-0.2, 0) is 0 Å². The Morgan fingerprint density at radius 1 is 1.29 bits per heavy atom. The molecule has 3 N–H and O–H groups in total. The number of fused-ring (bicyclic) bond motifs is 1. The van der Waals surface area contributed by atoms with Crippen LogP contribution in [0.3, 0.4) is 0 Å². The molecule has 0 spiro atoms. The SMILES string of the molecule is CNc1nc(=O)n(-c2ccccc2)c2cc(Cl)cc(OCCN)c12. The molecule has 0 aliphatic rings. The van der Waals surface area contributed by atoms with Crippen LogP contribution in [0, 0.1) is 0 Å². The molecule has 3 aromatic rings. The van der Waals surface area contributed by atoms with Gasteiger partial charge < -0.3 is 15.8 Å². The number of rotatable bonds is 5. The van der Waals surface area contributed by atoms with Gasteiger partial charge in [-0.15, -0.1) is 0 Å². The zero-order valence-corrected chi connectivity index (χ0v) is 13.9. The van der Waals surface area contributed by atoms with Gasteiger partial charge in [0.25, 0.3) is 0 Å². The molecule has 1 heterocycles. The standard InChI is InChI=1S/C17H17ClN4O2/c1-20-16-15-13(9-11(18)10-14(15)24-8-7-19)22(17(23)21-16)12-5-3-2-4-6-12/h2-6,9-10H,7-8,19H2,1H3,(H,20,21,23). The van der Waals surface area contributed by atoms with E-state index in [1.165, 1.54) is 4.57 Å². The highest BCUT2D eigenvalue weighted by Crippen LogP contribution is 2.34. The van der Waals surface area contributed by atoms with Gasteiger partial charge in [0.05, 0.1) is 16.6 Å². The number of nitrogens with zero attached hydrogens (tertiary/aromatic N) is 2. The number of nitrogens with one attached hydrogen (secondary N) is 1. The van der Waals surface area contributed by atoms with Crippen LogP contribution in [0.1, 0.15) is 0 Å². The van der Waals surface area contributed by atoms with Crippen molar-refractivity contribution in [2.75, 3.05) is 25.5 Å². The van der Waals surface area contributed by atoms with Crippen molar-refractivity contribution in [1.29, 1.82) is 0 Å². The zero-order chi connectivity index (χ0) is 17.1. The first-order chi connectivity index (χ1) is 11.7. The van der Waals surface area contributed by atoms with Crippen molar-refractivity contribution in [3.63, 3.8) is 0 Å². The molecule has 0 unspecified atom stereocenters. The number of benzene rings is 2. The lowest BCUT2D eigenvalue weighted by molar-refractivity contribution is 0.332. The number of aromatic nitrogens is 2. The summed E-state index contributed by atoms with van der Waals surface area (Å²) in [6.07, 6.45) is 0. The predicted molar refractivity (Wildman–Crippen MR) is 96.4 cm³/mol. The first kappa shape index (κ1) is 16.3. The van der Waals surface area contributed by atoms with Crippen molar-refractivity contribution >= 4 is 28.3 Å². The lowest BCUT2D eigenvalue weighted by Gasteiger charge is -2.16. The van der Waals surface area contributed by atoms with E-state index in [0.717, 1.165) is 0 Å². The molecule has 124 valence electrons. The predicted octanol–water partition coefficient (Wildman–Crippen LogP) is 2.42. The molecule has 3 rings (SSSR count). The van der Waals surface area contributed by atoms with E-state index >= 15 is 0 Å². The first-order valence-electron chi connectivity index (χ1n) is 7.48. The summed E-state index contributed by atoms with van der Waals surface area (Å²) < 4.78 is 7.23. The largest absolute Gasteiger partial charge is 0.491 e. The Hall–Kier alpha value is -2.57. The van der Waals surface area contributed by atoms with Gasteiger partial charge in [0.15, 0.2) is 0 Å². The van der Waals surface area contributed by atoms with Crippen LogP contribution in [0.2, 0.25) is 5.02 Å². The van der Waals surface area contributed by atoms with Crippen LogP contribution in [-0.4, -0.2) is 29.8 Å². The van der Waals surface area contributed by atoms with Gasteiger partial charge in [0.1, 0.15) is 18.2 Å². The van der Waals surface area contributed by atoms with Gasteiger partial charge >= 0.3 is 5.69 Å². The van der Waals surface area contributed by atoms with E-state index in [0.29, 0.717) is 46.3 Å². The first-order valence-corrected chi connectivity index (χ1v) is 7.86. The Kier molecular flexibility index (Phi) is 4.69. The average molecular weight is 345 g/mol. The molecule has 7 heteroatoms. The summed E-state index contributed by atoms with van der Waals surface area (Å²) >= 11 is 6.24. The van der Waals surface area contributed by atoms with E-state index in [1.54, 1.807) is 19.2 Å². The Labute approximate surface area is 143 Å². The van der Waals surface area contributed by atoms with Gasteiger partial charge in [-0.2, -0.15) is 4.98 Å². The Morgan fingerprint density at radius 2 is 2.04 bits per heavy atom. The fraction of sp³-hybridized carbons (Fsp3) is 0.176. The zero-order valence-electron chi connectivity index (χ0n) is 13.1. The van der Waals surface area contributed by atoms with Crippen molar-refractivity contribution in [2.24, 2.45) is 5.73 Å². The molecule has 1 aromatic heterocycles. The maximum absolute atomic E-state index is 12.6. The Balaban J connectivity index is 2.40. The molecule has 0 aliphatic heterocycles. The van der Waals surface area contributed by atoms with E-state index in [1.807, 2.05) is 30.3 Å². The minimum absolute atomic E-state index is 0.336. The van der Waals surface area contributed by atoms with Crippen LogP contribution < -0.4 is 21.5 Å². The number of hydrogen-bond acceptors (Lipinski definition) is 5. The lowest BCUT2D eigenvalue weighted by Crippen LogP contribution is -2.23. The van der Waals surface area contributed by atoms with Crippen LogP contribution in [0.25, 0.3) is 16.6 Å². The van der Waals surface area contributed by atoms with Gasteiger partial charge in [0.2, 0.25) is 0 Å². The number of ether oxygens (including phenoxy) is 1. The highest BCUT2D eigenvalue weighted by Gasteiger charge is 2.16. The van der Waals surface area contributed by atoms with Crippen molar-refractivity contribution < 1.29 is 4.74 Å². The summed E-state index contributed by atoms with van der Waals surface area (Å²) in [6, 6.07) is 12.7. The summed E-state index contributed by atoms with van der Waals surface area (Å²) in [7, 11) is 1.70. The molecule has 2 aromatic carbocycles. The van der Waals surface area contributed by atoms with Crippen LogP contribution in [0.4, 0.5) is 5.82 Å². The number of anilines is 1. The fourth-order valence-corrected chi connectivity index (χ4v) is 2.78.